The molecule has 2 heterocycles. The molecule has 1 aliphatic rings. The van der Waals surface area contributed by atoms with Gasteiger partial charge >= 0.3 is 6.03 Å². The second-order valence-corrected chi connectivity index (χ2v) is 6.26. The van der Waals surface area contributed by atoms with Crippen LogP contribution >= 0.6 is 0 Å². The first-order valence-electron chi connectivity index (χ1n) is 8.74. The molecular weight excluding hydrogens is 335 g/mol. The Morgan fingerprint density at radius 2 is 2.04 bits per heavy atom. The molecule has 0 radical (unpaired) electrons. The van der Waals surface area contributed by atoms with Gasteiger partial charge in [0.1, 0.15) is 5.82 Å². The zero-order valence-electron chi connectivity index (χ0n) is 14.8. The van der Waals surface area contributed by atoms with Gasteiger partial charge in [0.05, 0.1) is 11.9 Å². The van der Waals surface area contributed by atoms with Crippen LogP contribution in [0.5, 0.6) is 0 Å². The van der Waals surface area contributed by atoms with E-state index >= 15 is 0 Å². The molecule has 8 heteroatoms. The molecule has 1 aliphatic heterocycles. The summed E-state index contributed by atoms with van der Waals surface area (Å²) in [6.45, 7) is 4.68. The molecule has 2 amide bonds. The van der Waals surface area contributed by atoms with Crippen molar-refractivity contribution < 1.29 is 9.18 Å². The lowest BCUT2D eigenvalue weighted by Crippen LogP contribution is -2.32. The Hall–Kier alpha value is -2.90. The molecule has 138 valence electrons. The number of halogens is 1. The SMILES string of the molecule is Cc1ccc(NC(=O)NCCNc2cc(N3CCCC3)cnn2)cc1F. The second kappa shape index (κ2) is 8.46. The van der Waals surface area contributed by atoms with Gasteiger partial charge in [0.15, 0.2) is 5.82 Å². The number of nitrogens with one attached hydrogen (secondary N) is 3. The van der Waals surface area contributed by atoms with E-state index in [9.17, 15) is 9.18 Å². The van der Waals surface area contributed by atoms with Gasteiger partial charge in [-0.15, -0.1) is 5.10 Å². The molecule has 1 saturated heterocycles. The number of rotatable bonds is 6. The first-order valence-corrected chi connectivity index (χ1v) is 8.74. The zero-order valence-corrected chi connectivity index (χ0v) is 14.8. The van der Waals surface area contributed by atoms with Crippen molar-refractivity contribution in [1.29, 1.82) is 0 Å². The van der Waals surface area contributed by atoms with Crippen molar-refractivity contribution in [3.63, 3.8) is 0 Å². The summed E-state index contributed by atoms with van der Waals surface area (Å²) in [5.41, 5.74) is 2.02. The van der Waals surface area contributed by atoms with Crippen molar-refractivity contribution in [2.24, 2.45) is 0 Å². The summed E-state index contributed by atoms with van der Waals surface area (Å²) in [6, 6.07) is 6.17. The topological polar surface area (TPSA) is 82.2 Å². The number of benzene rings is 1. The maximum absolute atomic E-state index is 13.5. The van der Waals surface area contributed by atoms with E-state index in [2.05, 4.69) is 31.0 Å². The highest BCUT2D eigenvalue weighted by atomic mass is 19.1. The Kier molecular flexibility index (Phi) is 5.83. The molecule has 7 nitrogen and oxygen atoms in total. The maximum atomic E-state index is 13.5. The molecule has 1 fully saturated rings. The minimum Gasteiger partial charge on any atom is -0.370 e. The van der Waals surface area contributed by atoms with E-state index in [1.807, 2.05) is 6.07 Å². The smallest absolute Gasteiger partial charge is 0.319 e. The normalized spacial score (nSPS) is 13.5. The van der Waals surface area contributed by atoms with Crippen LogP contribution in [-0.2, 0) is 0 Å². The van der Waals surface area contributed by atoms with Crippen molar-refractivity contribution in [2.45, 2.75) is 19.8 Å². The maximum Gasteiger partial charge on any atom is 0.319 e. The van der Waals surface area contributed by atoms with Gasteiger partial charge in [-0.05, 0) is 37.5 Å². The zero-order chi connectivity index (χ0) is 18.4. The number of hydrogen-bond donors (Lipinski definition) is 3. The molecular formula is C18H23FN6O. The first-order chi connectivity index (χ1) is 12.6. The third-order valence-electron chi connectivity index (χ3n) is 4.26. The van der Waals surface area contributed by atoms with Crippen LogP contribution in [0.2, 0.25) is 0 Å². The number of carbonyl (C=O) groups excluding carboxylic acids is 1. The van der Waals surface area contributed by atoms with Crippen LogP contribution in [0, 0.1) is 12.7 Å². The van der Waals surface area contributed by atoms with Crippen LogP contribution in [0.1, 0.15) is 18.4 Å². The number of urea groups is 1. The van der Waals surface area contributed by atoms with Crippen molar-refractivity contribution in [1.82, 2.24) is 15.5 Å². The predicted molar refractivity (Wildman–Crippen MR) is 100 cm³/mol. The van der Waals surface area contributed by atoms with Gasteiger partial charge in [-0.25, -0.2) is 9.18 Å². The predicted octanol–water partition coefficient (Wildman–Crippen LogP) is 2.76. The van der Waals surface area contributed by atoms with E-state index in [-0.39, 0.29) is 11.8 Å². The number of hydrogen-bond acceptors (Lipinski definition) is 5. The first kappa shape index (κ1) is 17.9. The molecule has 2 aromatic rings. The Labute approximate surface area is 152 Å². The summed E-state index contributed by atoms with van der Waals surface area (Å²) in [4.78, 5) is 14.1. The van der Waals surface area contributed by atoms with Crippen LogP contribution in [-0.4, -0.2) is 42.4 Å². The van der Waals surface area contributed by atoms with E-state index < -0.39 is 0 Å². The van der Waals surface area contributed by atoms with Gasteiger partial charge in [-0.2, -0.15) is 5.10 Å². The van der Waals surface area contributed by atoms with Crippen molar-refractivity contribution in [2.75, 3.05) is 41.7 Å². The highest BCUT2D eigenvalue weighted by Crippen LogP contribution is 2.20. The van der Waals surface area contributed by atoms with Crippen LogP contribution in [0.15, 0.2) is 30.5 Å². The van der Waals surface area contributed by atoms with Gasteiger partial charge in [-0.3, -0.25) is 0 Å². The second-order valence-electron chi connectivity index (χ2n) is 6.26. The van der Waals surface area contributed by atoms with Crippen molar-refractivity contribution >= 4 is 23.2 Å². The largest absolute Gasteiger partial charge is 0.370 e. The molecule has 0 spiro atoms. The molecule has 26 heavy (non-hydrogen) atoms. The highest BCUT2D eigenvalue weighted by molar-refractivity contribution is 5.89. The molecule has 0 unspecified atom stereocenters. The average Bonchev–Trinajstić information content (AvgIpc) is 3.17. The lowest BCUT2D eigenvalue weighted by Gasteiger charge is -2.17. The van der Waals surface area contributed by atoms with Crippen molar-refractivity contribution in [3.05, 3.63) is 41.8 Å². The summed E-state index contributed by atoms with van der Waals surface area (Å²) in [6.07, 6.45) is 4.17. The summed E-state index contributed by atoms with van der Waals surface area (Å²) < 4.78 is 13.5. The van der Waals surface area contributed by atoms with Gasteiger partial charge in [0.2, 0.25) is 0 Å². The Bertz CT molecular complexity index is 763. The third kappa shape index (κ3) is 4.81. The van der Waals surface area contributed by atoms with E-state index in [0.29, 0.717) is 30.2 Å². The third-order valence-corrected chi connectivity index (χ3v) is 4.26. The van der Waals surface area contributed by atoms with Crippen molar-refractivity contribution in [3.8, 4) is 0 Å². The van der Waals surface area contributed by atoms with E-state index in [1.54, 1.807) is 25.3 Å². The molecule has 0 saturated carbocycles. The van der Waals surface area contributed by atoms with Gasteiger partial charge < -0.3 is 20.9 Å². The minimum atomic E-state index is -0.382. The molecule has 0 bridgehead atoms. The van der Waals surface area contributed by atoms with Gasteiger partial charge in [0.25, 0.3) is 0 Å². The number of carbonyl (C=O) groups is 1. The molecule has 1 aromatic carbocycles. The summed E-state index contributed by atoms with van der Waals surface area (Å²) in [5.74, 6) is 0.332. The van der Waals surface area contributed by atoms with E-state index in [1.165, 1.54) is 18.9 Å². The Balaban J connectivity index is 1.41. The quantitative estimate of drug-likeness (QED) is 0.692. The molecule has 0 aliphatic carbocycles. The number of anilines is 3. The molecule has 3 N–H and O–H groups in total. The van der Waals surface area contributed by atoms with Crippen LogP contribution in [0.4, 0.5) is 26.4 Å². The average molecular weight is 358 g/mol. The number of amides is 2. The highest BCUT2D eigenvalue weighted by Gasteiger charge is 2.13. The fraction of sp³-hybridized carbons (Fsp3) is 0.389. The number of aromatic nitrogens is 2. The molecule has 3 rings (SSSR count). The monoisotopic (exact) mass is 358 g/mol. The Morgan fingerprint density at radius 1 is 1.23 bits per heavy atom. The standard InChI is InChI=1S/C18H23FN6O/c1-13-4-5-14(10-16(13)19)23-18(26)21-7-6-20-17-11-15(12-22-24-17)25-8-2-3-9-25/h4-5,10-12H,2-3,6-9H2,1H3,(H,20,24)(H2,21,23,26). The number of nitrogens with zero attached hydrogens (tertiary/aromatic N) is 3. The summed E-state index contributed by atoms with van der Waals surface area (Å²) in [5, 5.41) is 16.5. The lowest BCUT2D eigenvalue weighted by atomic mass is 10.2. The van der Waals surface area contributed by atoms with Crippen LogP contribution in [0.3, 0.4) is 0 Å². The minimum absolute atomic E-state index is 0.346. The summed E-state index contributed by atoms with van der Waals surface area (Å²) in [7, 11) is 0. The van der Waals surface area contributed by atoms with E-state index in [0.717, 1.165) is 18.8 Å². The molecule has 1 aromatic heterocycles. The Morgan fingerprint density at radius 3 is 2.81 bits per heavy atom. The van der Waals surface area contributed by atoms with Crippen LogP contribution < -0.4 is 20.9 Å². The van der Waals surface area contributed by atoms with E-state index in [4.69, 9.17) is 0 Å². The van der Waals surface area contributed by atoms with Crippen LogP contribution in [0.25, 0.3) is 0 Å². The lowest BCUT2D eigenvalue weighted by molar-refractivity contribution is 0.252. The number of aryl methyl sites for hydroxylation is 1. The van der Waals surface area contributed by atoms with Gasteiger partial charge in [0, 0.05) is 37.9 Å². The molecule has 0 atom stereocenters. The van der Waals surface area contributed by atoms with Gasteiger partial charge in [-0.1, -0.05) is 6.07 Å². The fourth-order valence-corrected chi connectivity index (χ4v) is 2.80. The summed E-state index contributed by atoms with van der Waals surface area (Å²) >= 11 is 0. The fourth-order valence-electron chi connectivity index (χ4n) is 2.80.